The van der Waals surface area contributed by atoms with Crippen molar-refractivity contribution in [3.05, 3.63) is 24.3 Å². The van der Waals surface area contributed by atoms with E-state index in [1.165, 1.54) is 32.4 Å². The quantitative estimate of drug-likeness (QED) is 0.190. The van der Waals surface area contributed by atoms with Crippen molar-refractivity contribution < 1.29 is 0 Å². The van der Waals surface area contributed by atoms with Crippen LogP contribution in [-0.4, -0.2) is 56.8 Å². The van der Waals surface area contributed by atoms with Gasteiger partial charge in [0.25, 0.3) is 0 Å². The molecule has 1 saturated heterocycles. The first-order valence-electron chi connectivity index (χ1n) is 8.32. The van der Waals surface area contributed by atoms with Crippen LogP contribution in [0.3, 0.4) is 0 Å². The summed E-state index contributed by atoms with van der Waals surface area (Å²) in [7, 11) is 0. The summed E-state index contributed by atoms with van der Waals surface area (Å²) in [5.74, 6) is 5.95. The molecule has 3 unspecified atom stereocenters. The van der Waals surface area contributed by atoms with Gasteiger partial charge in [-0.25, -0.2) is 0 Å². The number of hydrogen-bond donors (Lipinski definition) is 4. The van der Waals surface area contributed by atoms with Crippen LogP contribution in [0.2, 0.25) is 0 Å². The van der Waals surface area contributed by atoms with E-state index in [1.807, 2.05) is 0 Å². The SMILES string of the molecule is NNCCNCCNCCC1CN1CC1C=CC=CCC1. The fraction of sp³-hybridized carbons (Fsp3) is 0.750. The Morgan fingerprint density at radius 3 is 2.71 bits per heavy atom. The molecule has 0 bridgehead atoms. The molecular weight excluding hydrogens is 262 g/mol. The first kappa shape index (κ1) is 16.6. The molecule has 120 valence electrons. The van der Waals surface area contributed by atoms with E-state index in [1.54, 1.807) is 0 Å². The van der Waals surface area contributed by atoms with E-state index in [0.717, 1.165) is 44.7 Å². The molecule has 21 heavy (non-hydrogen) atoms. The van der Waals surface area contributed by atoms with Crippen molar-refractivity contribution in [1.29, 1.82) is 0 Å². The largest absolute Gasteiger partial charge is 0.315 e. The molecule has 0 aromatic heterocycles. The molecule has 0 radical (unpaired) electrons. The highest BCUT2D eigenvalue weighted by Crippen LogP contribution is 2.25. The maximum absolute atomic E-state index is 5.20. The summed E-state index contributed by atoms with van der Waals surface area (Å²) in [4.78, 5) is 2.62. The molecule has 0 saturated carbocycles. The van der Waals surface area contributed by atoms with Crippen molar-refractivity contribution in [2.24, 2.45) is 11.8 Å². The average Bonchev–Trinajstić information content (AvgIpc) is 3.27. The second-order valence-electron chi connectivity index (χ2n) is 6.00. The second-order valence-corrected chi connectivity index (χ2v) is 6.00. The third-order valence-electron chi connectivity index (χ3n) is 4.21. The molecule has 2 aliphatic rings. The standard InChI is InChI=1S/C16H31N5/c17-20-12-11-19-10-9-18-8-7-16-14-21(16)13-15-5-3-1-2-4-6-15/h1-3,5,15-16,18-20H,4,6-14,17H2. The van der Waals surface area contributed by atoms with Gasteiger partial charge in [-0.1, -0.05) is 24.3 Å². The Balaban J connectivity index is 1.41. The lowest BCUT2D eigenvalue weighted by molar-refractivity contribution is 0.410. The highest BCUT2D eigenvalue weighted by Gasteiger charge is 2.33. The third-order valence-corrected chi connectivity index (χ3v) is 4.21. The van der Waals surface area contributed by atoms with Crippen molar-refractivity contribution in [1.82, 2.24) is 21.0 Å². The Morgan fingerprint density at radius 2 is 1.86 bits per heavy atom. The van der Waals surface area contributed by atoms with Gasteiger partial charge in [-0.3, -0.25) is 16.2 Å². The van der Waals surface area contributed by atoms with Gasteiger partial charge in [-0.05, 0) is 31.7 Å². The smallest absolute Gasteiger partial charge is 0.0236 e. The zero-order chi connectivity index (χ0) is 14.8. The molecule has 1 fully saturated rings. The van der Waals surface area contributed by atoms with Crippen LogP contribution in [0.5, 0.6) is 0 Å². The van der Waals surface area contributed by atoms with Gasteiger partial charge in [0.15, 0.2) is 0 Å². The molecule has 0 spiro atoms. The second kappa shape index (κ2) is 10.1. The number of nitrogens with zero attached hydrogens (tertiary/aromatic N) is 1. The van der Waals surface area contributed by atoms with Gasteiger partial charge in [0.2, 0.25) is 0 Å². The van der Waals surface area contributed by atoms with Gasteiger partial charge in [-0.15, -0.1) is 0 Å². The van der Waals surface area contributed by atoms with Crippen LogP contribution in [0.25, 0.3) is 0 Å². The highest BCUT2D eigenvalue weighted by atomic mass is 15.3. The lowest BCUT2D eigenvalue weighted by atomic mass is 10.0. The normalized spacial score (nSPS) is 27.8. The Kier molecular flexibility index (Phi) is 7.99. The molecular formula is C16H31N5. The Hall–Kier alpha value is -0.720. The Morgan fingerprint density at radius 1 is 1.05 bits per heavy atom. The van der Waals surface area contributed by atoms with E-state index in [-0.39, 0.29) is 0 Å². The number of nitrogens with two attached hydrogens (primary N) is 1. The zero-order valence-corrected chi connectivity index (χ0v) is 13.1. The van der Waals surface area contributed by atoms with Crippen LogP contribution in [0.15, 0.2) is 24.3 Å². The minimum absolute atomic E-state index is 0.748. The summed E-state index contributed by atoms with van der Waals surface area (Å²) in [6.07, 6.45) is 12.9. The Labute approximate surface area is 129 Å². The molecule has 1 aliphatic carbocycles. The summed E-state index contributed by atoms with van der Waals surface area (Å²) >= 11 is 0. The summed E-state index contributed by atoms with van der Waals surface area (Å²) in [6.45, 7) is 7.46. The van der Waals surface area contributed by atoms with Crippen LogP contribution in [0.4, 0.5) is 0 Å². The highest BCUT2D eigenvalue weighted by molar-refractivity contribution is 5.08. The summed E-state index contributed by atoms with van der Waals surface area (Å²) in [5.41, 5.74) is 2.64. The minimum Gasteiger partial charge on any atom is -0.315 e. The molecule has 0 aromatic rings. The summed E-state index contributed by atoms with van der Waals surface area (Å²) < 4.78 is 0. The summed E-state index contributed by atoms with van der Waals surface area (Å²) in [6, 6.07) is 0.816. The van der Waals surface area contributed by atoms with E-state index in [0.29, 0.717) is 0 Å². The van der Waals surface area contributed by atoms with Crippen molar-refractivity contribution in [3.63, 3.8) is 0 Å². The molecule has 0 aromatic carbocycles. The maximum Gasteiger partial charge on any atom is 0.0236 e. The Bertz CT molecular complexity index is 329. The number of hydrazine groups is 1. The van der Waals surface area contributed by atoms with Gasteiger partial charge in [-0.2, -0.15) is 0 Å². The lowest BCUT2D eigenvalue weighted by Crippen LogP contribution is -2.35. The molecule has 0 amide bonds. The van der Waals surface area contributed by atoms with Crippen LogP contribution >= 0.6 is 0 Å². The van der Waals surface area contributed by atoms with E-state index in [4.69, 9.17) is 5.84 Å². The van der Waals surface area contributed by atoms with E-state index >= 15 is 0 Å². The van der Waals surface area contributed by atoms with E-state index in [2.05, 4.69) is 45.3 Å². The molecule has 5 heteroatoms. The van der Waals surface area contributed by atoms with Crippen LogP contribution in [0.1, 0.15) is 19.3 Å². The van der Waals surface area contributed by atoms with Gasteiger partial charge in [0.1, 0.15) is 0 Å². The fourth-order valence-corrected chi connectivity index (χ4v) is 2.83. The third kappa shape index (κ3) is 7.20. The minimum atomic E-state index is 0.748. The molecule has 2 rings (SSSR count). The average molecular weight is 293 g/mol. The van der Waals surface area contributed by atoms with Crippen LogP contribution < -0.4 is 21.9 Å². The monoisotopic (exact) mass is 293 g/mol. The van der Waals surface area contributed by atoms with Crippen molar-refractivity contribution in [2.75, 3.05) is 45.8 Å². The molecule has 5 N–H and O–H groups in total. The van der Waals surface area contributed by atoms with Gasteiger partial charge in [0.05, 0.1) is 0 Å². The van der Waals surface area contributed by atoms with Crippen molar-refractivity contribution in [3.8, 4) is 0 Å². The topological polar surface area (TPSA) is 65.1 Å². The summed E-state index contributed by atoms with van der Waals surface area (Å²) in [5, 5.41) is 6.83. The van der Waals surface area contributed by atoms with Crippen LogP contribution in [-0.2, 0) is 0 Å². The van der Waals surface area contributed by atoms with Gasteiger partial charge >= 0.3 is 0 Å². The zero-order valence-electron chi connectivity index (χ0n) is 13.1. The molecule has 5 nitrogen and oxygen atoms in total. The van der Waals surface area contributed by atoms with Gasteiger partial charge in [0, 0.05) is 45.3 Å². The van der Waals surface area contributed by atoms with E-state index in [9.17, 15) is 0 Å². The van der Waals surface area contributed by atoms with Crippen LogP contribution in [0, 0.1) is 5.92 Å². The first-order chi connectivity index (χ1) is 10.4. The number of nitrogens with one attached hydrogen (secondary N) is 3. The predicted octanol–water partition coefficient (Wildman–Crippen LogP) is 0.226. The fourth-order valence-electron chi connectivity index (χ4n) is 2.83. The number of allylic oxidation sites excluding steroid dienone is 3. The number of rotatable bonds is 11. The predicted molar refractivity (Wildman–Crippen MR) is 88.9 cm³/mol. The molecule has 1 aliphatic heterocycles. The van der Waals surface area contributed by atoms with Crippen molar-refractivity contribution >= 4 is 0 Å². The van der Waals surface area contributed by atoms with Crippen molar-refractivity contribution in [2.45, 2.75) is 25.3 Å². The van der Waals surface area contributed by atoms with E-state index < -0.39 is 0 Å². The lowest BCUT2D eigenvalue weighted by Gasteiger charge is -2.12. The molecule has 3 atom stereocenters. The van der Waals surface area contributed by atoms with Gasteiger partial charge < -0.3 is 10.6 Å². The number of hydrogen-bond acceptors (Lipinski definition) is 5. The first-order valence-corrected chi connectivity index (χ1v) is 8.32. The molecule has 1 heterocycles. The maximum atomic E-state index is 5.20.